The number of esters is 1. The summed E-state index contributed by atoms with van der Waals surface area (Å²) in [6, 6.07) is 5.28. The fourth-order valence-electron chi connectivity index (χ4n) is 2.60. The number of hydrogen-bond donors (Lipinski definition) is 0. The van der Waals surface area contributed by atoms with Crippen molar-refractivity contribution in [2.45, 2.75) is 26.7 Å². The van der Waals surface area contributed by atoms with Gasteiger partial charge in [-0.05, 0) is 50.5 Å². The third-order valence-electron chi connectivity index (χ3n) is 3.89. The number of carbonyl (C=O) groups is 2. The van der Waals surface area contributed by atoms with Gasteiger partial charge in [-0.25, -0.2) is 0 Å². The standard InChI is InChI=1S/C17H22ClNO4/c1-3-22-17(21)13-5-4-8-19(10-13)16(20)11-23-14-6-7-15(18)12(2)9-14/h6-7,9,13H,3-5,8,10-11H2,1-2H3. The van der Waals surface area contributed by atoms with Crippen molar-refractivity contribution in [1.29, 1.82) is 0 Å². The Kier molecular flexibility index (Phi) is 6.28. The van der Waals surface area contributed by atoms with Gasteiger partial charge >= 0.3 is 5.97 Å². The van der Waals surface area contributed by atoms with E-state index in [4.69, 9.17) is 21.1 Å². The minimum atomic E-state index is -0.231. The van der Waals surface area contributed by atoms with Crippen LogP contribution in [0, 0.1) is 12.8 Å². The van der Waals surface area contributed by atoms with Crippen LogP contribution in [0.1, 0.15) is 25.3 Å². The Morgan fingerprint density at radius 3 is 2.87 bits per heavy atom. The molecule has 1 aromatic carbocycles. The lowest BCUT2D eigenvalue weighted by Crippen LogP contribution is -2.44. The summed E-state index contributed by atoms with van der Waals surface area (Å²) in [5, 5.41) is 0.664. The Morgan fingerprint density at radius 2 is 2.17 bits per heavy atom. The molecule has 1 atom stereocenters. The molecular formula is C17H22ClNO4. The van der Waals surface area contributed by atoms with Crippen molar-refractivity contribution in [1.82, 2.24) is 4.90 Å². The van der Waals surface area contributed by atoms with Gasteiger partial charge in [0.05, 0.1) is 12.5 Å². The number of halogens is 1. The highest BCUT2D eigenvalue weighted by molar-refractivity contribution is 6.31. The lowest BCUT2D eigenvalue weighted by Gasteiger charge is -2.31. The van der Waals surface area contributed by atoms with Crippen molar-refractivity contribution in [2.75, 3.05) is 26.3 Å². The van der Waals surface area contributed by atoms with Crippen molar-refractivity contribution < 1.29 is 19.1 Å². The van der Waals surface area contributed by atoms with Gasteiger partial charge in [-0.2, -0.15) is 0 Å². The summed E-state index contributed by atoms with van der Waals surface area (Å²) in [4.78, 5) is 25.8. The van der Waals surface area contributed by atoms with E-state index in [0.29, 0.717) is 30.5 Å². The van der Waals surface area contributed by atoms with E-state index in [1.54, 1.807) is 30.0 Å². The summed E-state index contributed by atoms with van der Waals surface area (Å²) >= 11 is 5.96. The smallest absolute Gasteiger partial charge is 0.310 e. The quantitative estimate of drug-likeness (QED) is 0.774. The largest absolute Gasteiger partial charge is 0.484 e. The van der Waals surface area contributed by atoms with Crippen molar-refractivity contribution >= 4 is 23.5 Å². The lowest BCUT2D eigenvalue weighted by atomic mass is 9.98. The highest BCUT2D eigenvalue weighted by atomic mass is 35.5. The Balaban J connectivity index is 1.87. The first-order chi connectivity index (χ1) is 11.0. The summed E-state index contributed by atoms with van der Waals surface area (Å²) in [7, 11) is 0. The Hall–Kier alpha value is -1.75. The summed E-state index contributed by atoms with van der Waals surface area (Å²) in [5.41, 5.74) is 0.900. The first-order valence-corrected chi connectivity index (χ1v) is 8.22. The average Bonchev–Trinajstić information content (AvgIpc) is 2.56. The molecule has 1 aliphatic heterocycles. The normalized spacial score (nSPS) is 17.7. The number of benzene rings is 1. The fourth-order valence-corrected chi connectivity index (χ4v) is 2.72. The van der Waals surface area contributed by atoms with Gasteiger partial charge in [0.2, 0.25) is 0 Å². The Labute approximate surface area is 141 Å². The van der Waals surface area contributed by atoms with E-state index in [2.05, 4.69) is 0 Å². The van der Waals surface area contributed by atoms with Gasteiger partial charge in [0, 0.05) is 18.1 Å². The van der Waals surface area contributed by atoms with E-state index in [1.165, 1.54) is 0 Å². The van der Waals surface area contributed by atoms with E-state index < -0.39 is 0 Å². The molecule has 2 rings (SSSR count). The molecule has 0 aliphatic carbocycles. The molecular weight excluding hydrogens is 318 g/mol. The highest BCUT2D eigenvalue weighted by Crippen LogP contribution is 2.22. The predicted octanol–water partition coefficient (Wildman–Crippen LogP) is 2.83. The number of likely N-dealkylation sites (tertiary alicyclic amines) is 1. The number of aryl methyl sites for hydroxylation is 1. The molecule has 1 saturated heterocycles. The molecule has 0 aromatic heterocycles. The summed E-state index contributed by atoms with van der Waals surface area (Å²) in [5.74, 6) is 0.0375. The topological polar surface area (TPSA) is 55.8 Å². The Bertz CT molecular complexity index is 576. The van der Waals surface area contributed by atoms with Crippen LogP contribution in [0.4, 0.5) is 0 Å². The van der Waals surface area contributed by atoms with Gasteiger partial charge < -0.3 is 14.4 Å². The van der Waals surface area contributed by atoms with Crippen LogP contribution >= 0.6 is 11.6 Å². The minimum absolute atomic E-state index is 0.0450. The predicted molar refractivity (Wildman–Crippen MR) is 87.6 cm³/mol. The van der Waals surface area contributed by atoms with E-state index in [-0.39, 0.29) is 24.4 Å². The highest BCUT2D eigenvalue weighted by Gasteiger charge is 2.29. The number of piperidine rings is 1. The third kappa shape index (κ3) is 4.86. The van der Waals surface area contributed by atoms with E-state index >= 15 is 0 Å². The zero-order chi connectivity index (χ0) is 16.8. The monoisotopic (exact) mass is 339 g/mol. The van der Waals surface area contributed by atoms with Crippen molar-refractivity contribution in [3.05, 3.63) is 28.8 Å². The van der Waals surface area contributed by atoms with Gasteiger partial charge in [-0.1, -0.05) is 11.6 Å². The van der Waals surface area contributed by atoms with E-state index in [9.17, 15) is 9.59 Å². The Morgan fingerprint density at radius 1 is 1.39 bits per heavy atom. The molecule has 1 heterocycles. The molecule has 0 radical (unpaired) electrons. The molecule has 1 unspecified atom stereocenters. The van der Waals surface area contributed by atoms with Crippen molar-refractivity contribution in [2.24, 2.45) is 5.92 Å². The fraction of sp³-hybridized carbons (Fsp3) is 0.529. The van der Waals surface area contributed by atoms with Crippen LogP contribution in [0.5, 0.6) is 5.75 Å². The number of ether oxygens (including phenoxy) is 2. The number of amides is 1. The lowest BCUT2D eigenvalue weighted by molar-refractivity contribution is -0.151. The summed E-state index contributed by atoms with van der Waals surface area (Å²) in [6.07, 6.45) is 1.56. The minimum Gasteiger partial charge on any atom is -0.484 e. The zero-order valence-electron chi connectivity index (χ0n) is 13.5. The average molecular weight is 340 g/mol. The summed E-state index contributed by atoms with van der Waals surface area (Å²) in [6.45, 7) is 5.04. The number of hydrogen-bond acceptors (Lipinski definition) is 4. The van der Waals surface area contributed by atoms with Gasteiger partial charge in [0.15, 0.2) is 6.61 Å². The molecule has 0 bridgehead atoms. The van der Waals surface area contributed by atoms with Gasteiger partial charge in [0.25, 0.3) is 5.91 Å². The number of nitrogens with zero attached hydrogens (tertiary/aromatic N) is 1. The first-order valence-electron chi connectivity index (χ1n) is 7.84. The van der Waals surface area contributed by atoms with Crippen LogP contribution in [-0.2, 0) is 14.3 Å². The van der Waals surface area contributed by atoms with E-state index in [0.717, 1.165) is 18.4 Å². The van der Waals surface area contributed by atoms with Crippen LogP contribution in [0.25, 0.3) is 0 Å². The molecule has 23 heavy (non-hydrogen) atoms. The second-order valence-corrected chi connectivity index (χ2v) is 6.04. The maximum absolute atomic E-state index is 12.3. The SMILES string of the molecule is CCOC(=O)C1CCCN(C(=O)COc2ccc(Cl)c(C)c2)C1. The molecule has 1 fully saturated rings. The van der Waals surface area contributed by atoms with Gasteiger partial charge in [0.1, 0.15) is 5.75 Å². The van der Waals surface area contributed by atoms with Crippen molar-refractivity contribution in [3.63, 3.8) is 0 Å². The molecule has 0 saturated carbocycles. The molecule has 6 heteroatoms. The molecule has 5 nitrogen and oxygen atoms in total. The third-order valence-corrected chi connectivity index (χ3v) is 4.31. The molecule has 1 aromatic rings. The maximum atomic E-state index is 12.3. The van der Waals surface area contributed by atoms with Gasteiger partial charge in [-0.3, -0.25) is 9.59 Å². The molecule has 126 valence electrons. The summed E-state index contributed by atoms with van der Waals surface area (Å²) < 4.78 is 10.6. The first kappa shape index (κ1) is 17.6. The number of carbonyl (C=O) groups excluding carboxylic acids is 2. The second kappa shape index (κ2) is 8.20. The number of rotatable bonds is 5. The zero-order valence-corrected chi connectivity index (χ0v) is 14.3. The molecule has 0 N–H and O–H groups in total. The molecule has 0 spiro atoms. The van der Waals surface area contributed by atoms with Crippen LogP contribution in [0.3, 0.4) is 0 Å². The second-order valence-electron chi connectivity index (χ2n) is 5.63. The van der Waals surface area contributed by atoms with Crippen molar-refractivity contribution in [3.8, 4) is 5.75 Å². The van der Waals surface area contributed by atoms with Crippen LogP contribution in [0.15, 0.2) is 18.2 Å². The van der Waals surface area contributed by atoms with Crippen LogP contribution in [-0.4, -0.2) is 43.1 Å². The molecule has 1 amide bonds. The van der Waals surface area contributed by atoms with Gasteiger partial charge in [-0.15, -0.1) is 0 Å². The van der Waals surface area contributed by atoms with E-state index in [1.807, 2.05) is 6.92 Å². The maximum Gasteiger partial charge on any atom is 0.310 e. The molecule has 1 aliphatic rings. The van der Waals surface area contributed by atoms with Crippen LogP contribution < -0.4 is 4.74 Å². The van der Waals surface area contributed by atoms with Crippen LogP contribution in [0.2, 0.25) is 5.02 Å².